The summed E-state index contributed by atoms with van der Waals surface area (Å²) in [6.07, 6.45) is 0.721. The molecule has 0 amide bonds. The van der Waals surface area contributed by atoms with E-state index in [1.165, 1.54) is 0 Å². The number of alkyl halides is 1. The van der Waals surface area contributed by atoms with E-state index in [-0.39, 0.29) is 0 Å². The van der Waals surface area contributed by atoms with Crippen molar-refractivity contribution < 1.29 is 4.39 Å². The van der Waals surface area contributed by atoms with E-state index in [0.717, 1.165) is 17.5 Å². The molecule has 0 spiro atoms. The predicted molar refractivity (Wildman–Crippen MR) is 51.2 cm³/mol. The number of halogens is 1. The summed E-state index contributed by atoms with van der Waals surface area (Å²) in [5, 5.41) is 0. The molecule has 2 heteroatoms. The Labute approximate surface area is 77.8 Å². The van der Waals surface area contributed by atoms with Crippen LogP contribution in [0, 0.1) is 5.92 Å². The smallest absolute Gasteiger partial charge is 0.126 e. The summed E-state index contributed by atoms with van der Waals surface area (Å²) in [5.74, 6) is 0.324. The summed E-state index contributed by atoms with van der Waals surface area (Å²) >= 11 is 0. The lowest BCUT2D eigenvalue weighted by atomic mass is 9.83. The number of benzene rings is 1. The molecule has 0 fully saturated rings. The highest BCUT2D eigenvalue weighted by atomic mass is 19.1. The maximum absolute atomic E-state index is 13.6. The number of rotatable bonds is 1. The molecule has 1 aliphatic rings. The Morgan fingerprint density at radius 2 is 2.15 bits per heavy atom. The molecule has 0 saturated carbocycles. The van der Waals surface area contributed by atoms with Gasteiger partial charge in [0, 0.05) is 0 Å². The Morgan fingerprint density at radius 3 is 2.92 bits per heavy atom. The Kier molecular flexibility index (Phi) is 2.32. The largest absolute Gasteiger partial charge is 0.330 e. The minimum Gasteiger partial charge on any atom is -0.330 e. The second-order valence-electron chi connectivity index (χ2n) is 3.71. The topological polar surface area (TPSA) is 26.0 Å². The van der Waals surface area contributed by atoms with Crippen molar-refractivity contribution in [3.05, 3.63) is 35.4 Å². The molecule has 13 heavy (non-hydrogen) atoms. The first-order valence-electron chi connectivity index (χ1n) is 4.73. The lowest BCUT2D eigenvalue weighted by Gasteiger charge is -2.26. The molecule has 0 heterocycles. The summed E-state index contributed by atoms with van der Waals surface area (Å²) in [6.45, 7) is 0.592. The Bertz CT molecular complexity index is 298. The van der Waals surface area contributed by atoms with E-state index in [1.54, 1.807) is 0 Å². The third-order valence-electron chi connectivity index (χ3n) is 2.77. The van der Waals surface area contributed by atoms with Gasteiger partial charge in [0.25, 0.3) is 0 Å². The van der Waals surface area contributed by atoms with Gasteiger partial charge in [-0.3, -0.25) is 0 Å². The molecular weight excluding hydrogens is 165 g/mol. The number of hydrogen-bond donors (Lipinski definition) is 1. The van der Waals surface area contributed by atoms with E-state index >= 15 is 0 Å². The molecule has 0 saturated heterocycles. The molecule has 70 valence electrons. The Balaban J connectivity index is 2.31. The molecule has 0 aliphatic heterocycles. The van der Waals surface area contributed by atoms with E-state index in [4.69, 9.17) is 5.73 Å². The Morgan fingerprint density at radius 1 is 1.38 bits per heavy atom. The van der Waals surface area contributed by atoms with Crippen LogP contribution in [-0.4, -0.2) is 6.54 Å². The van der Waals surface area contributed by atoms with Gasteiger partial charge >= 0.3 is 0 Å². The van der Waals surface area contributed by atoms with Crippen LogP contribution in [0.5, 0.6) is 0 Å². The average molecular weight is 179 g/mol. The van der Waals surface area contributed by atoms with Crippen molar-refractivity contribution in [2.75, 3.05) is 6.54 Å². The number of hydrogen-bond acceptors (Lipinski definition) is 1. The highest BCUT2D eigenvalue weighted by Crippen LogP contribution is 2.34. The molecule has 0 bridgehead atoms. The van der Waals surface area contributed by atoms with Crippen LogP contribution in [0.1, 0.15) is 23.7 Å². The molecular formula is C11H14FN. The highest BCUT2D eigenvalue weighted by Gasteiger charge is 2.25. The molecule has 1 aromatic rings. The molecule has 2 N–H and O–H groups in total. The van der Waals surface area contributed by atoms with E-state index < -0.39 is 6.17 Å². The fourth-order valence-electron chi connectivity index (χ4n) is 2.02. The first-order valence-corrected chi connectivity index (χ1v) is 4.73. The number of fused-ring (bicyclic) bond motifs is 1. The lowest BCUT2D eigenvalue weighted by Crippen LogP contribution is -2.23. The highest BCUT2D eigenvalue weighted by molar-refractivity contribution is 5.31. The van der Waals surface area contributed by atoms with E-state index in [9.17, 15) is 4.39 Å². The van der Waals surface area contributed by atoms with Crippen LogP contribution in [0.4, 0.5) is 4.39 Å². The van der Waals surface area contributed by atoms with Gasteiger partial charge in [0.15, 0.2) is 0 Å². The molecule has 1 aromatic carbocycles. The van der Waals surface area contributed by atoms with Crippen LogP contribution in [0.15, 0.2) is 24.3 Å². The summed E-state index contributed by atoms with van der Waals surface area (Å²) in [5.41, 5.74) is 7.56. The second-order valence-corrected chi connectivity index (χ2v) is 3.71. The predicted octanol–water partition coefficient (Wildman–Crippen LogP) is 2.22. The normalized spacial score (nSPS) is 26.9. The molecule has 2 unspecified atom stereocenters. The van der Waals surface area contributed by atoms with Crippen molar-refractivity contribution in [3.63, 3.8) is 0 Å². The third kappa shape index (κ3) is 1.59. The van der Waals surface area contributed by atoms with Crippen LogP contribution in [-0.2, 0) is 6.42 Å². The minimum atomic E-state index is -0.807. The summed E-state index contributed by atoms with van der Waals surface area (Å²) < 4.78 is 13.6. The van der Waals surface area contributed by atoms with E-state index in [1.807, 2.05) is 24.3 Å². The second kappa shape index (κ2) is 3.46. The van der Waals surface area contributed by atoms with Gasteiger partial charge in [0.05, 0.1) is 0 Å². The van der Waals surface area contributed by atoms with E-state index in [0.29, 0.717) is 18.9 Å². The van der Waals surface area contributed by atoms with Crippen LogP contribution in [0.25, 0.3) is 0 Å². The molecule has 0 radical (unpaired) electrons. The summed E-state index contributed by atoms with van der Waals surface area (Å²) in [6, 6.07) is 7.75. The molecule has 2 rings (SSSR count). The van der Waals surface area contributed by atoms with Crippen molar-refractivity contribution in [2.45, 2.75) is 19.0 Å². The lowest BCUT2D eigenvalue weighted by molar-refractivity contribution is 0.255. The molecule has 0 aromatic heterocycles. The standard InChI is InChI=1S/C11H14FN/c12-11-6-8(7-13)5-9-3-1-2-4-10(9)11/h1-4,8,11H,5-7,13H2. The van der Waals surface area contributed by atoms with Gasteiger partial charge in [-0.15, -0.1) is 0 Å². The fraction of sp³-hybridized carbons (Fsp3) is 0.455. The van der Waals surface area contributed by atoms with Gasteiger partial charge in [-0.25, -0.2) is 4.39 Å². The SMILES string of the molecule is NCC1Cc2ccccc2C(F)C1. The van der Waals surface area contributed by atoms with Crippen molar-refractivity contribution in [1.29, 1.82) is 0 Å². The molecule has 1 nitrogen and oxygen atoms in total. The van der Waals surface area contributed by atoms with Crippen LogP contribution >= 0.6 is 0 Å². The zero-order valence-electron chi connectivity index (χ0n) is 7.54. The van der Waals surface area contributed by atoms with Gasteiger partial charge in [0.1, 0.15) is 6.17 Å². The minimum absolute atomic E-state index is 0.324. The summed E-state index contributed by atoms with van der Waals surface area (Å²) in [7, 11) is 0. The first-order chi connectivity index (χ1) is 6.31. The average Bonchev–Trinajstić information content (AvgIpc) is 2.18. The zero-order chi connectivity index (χ0) is 9.26. The van der Waals surface area contributed by atoms with Crippen molar-refractivity contribution in [1.82, 2.24) is 0 Å². The van der Waals surface area contributed by atoms with Crippen molar-refractivity contribution >= 4 is 0 Å². The maximum atomic E-state index is 13.6. The molecule has 2 atom stereocenters. The Hall–Kier alpha value is -0.890. The van der Waals surface area contributed by atoms with Gasteiger partial charge in [-0.2, -0.15) is 0 Å². The van der Waals surface area contributed by atoms with Gasteiger partial charge in [-0.1, -0.05) is 24.3 Å². The summed E-state index contributed by atoms with van der Waals surface area (Å²) in [4.78, 5) is 0. The van der Waals surface area contributed by atoms with Crippen LogP contribution in [0.2, 0.25) is 0 Å². The van der Waals surface area contributed by atoms with Crippen molar-refractivity contribution in [3.8, 4) is 0 Å². The van der Waals surface area contributed by atoms with Crippen LogP contribution < -0.4 is 5.73 Å². The zero-order valence-corrected chi connectivity index (χ0v) is 7.54. The quantitative estimate of drug-likeness (QED) is 0.702. The fourth-order valence-corrected chi connectivity index (χ4v) is 2.02. The first kappa shape index (κ1) is 8.70. The monoisotopic (exact) mass is 179 g/mol. The van der Waals surface area contributed by atoms with E-state index in [2.05, 4.69) is 0 Å². The van der Waals surface area contributed by atoms with Crippen molar-refractivity contribution in [2.24, 2.45) is 11.7 Å². The van der Waals surface area contributed by atoms with Crippen LogP contribution in [0.3, 0.4) is 0 Å². The maximum Gasteiger partial charge on any atom is 0.126 e. The van der Waals surface area contributed by atoms with Gasteiger partial charge in [0.2, 0.25) is 0 Å². The third-order valence-corrected chi connectivity index (χ3v) is 2.77. The van der Waals surface area contributed by atoms with Gasteiger partial charge in [-0.05, 0) is 36.4 Å². The van der Waals surface area contributed by atoms with Gasteiger partial charge < -0.3 is 5.73 Å². The molecule has 1 aliphatic carbocycles. The number of nitrogens with two attached hydrogens (primary N) is 1.